The van der Waals surface area contributed by atoms with E-state index in [1.54, 1.807) is 19.3 Å². The van der Waals surface area contributed by atoms with Crippen molar-refractivity contribution in [2.75, 3.05) is 19.3 Å². The number of hydrogen-bond acceptors (Lipinski definition) is 4. The van der Waals surface area contributed by atoms with Gasteiger partial charge in [-0.05, 0) is 13.3 Å². The Labute approximate surface area is 142 Å². The maximum absolute atomic E-state index is 12.3. The zero-order valence-electron chi connectivity index (χ0n) is 13.8. The van der Waals surface area contributed by atoms with Gasteiger partial charge >= 0.3 is 0 Å². The summed E-state index contributed by atoms with van der Waals surface area (Å²) in [5.41, 5.74) is 0.944. The fraction of sp³-hybridized carbons (Fsp3) is 0.375. The van der Waals surface area contributed by atoms with Crippen molar-refractivity contribution in [3.05, 3.63) is 42.7 Å². The first-order valence-electron chi connectivity index (χ1n) is 7.69. The van der Waals surface area contributed by atoms with Crippen molar-refractivity contribution in [3.63, 3.8) is 0 Å². The number of nitrogens with one attached hydrogen (secondary N) is 2. The number of imidazole rings is 1. The van der Waals surface area contributed by atoms with Crippen molar-refractivity contribution in [1.29, 1.82) is 0 Å². The Kier molecular flexibility index (Phi) is 6.10. The molecule has 2 aromatic rings. The van der Waals surface area contributed by atoms with E-state index in [-0.39, 0.29) is 5.91 Å². The lowest BCUT2D eigenvalue weighted by Gasteiger charge is -2.16. The van der Waals surface area contributed by atoms with E-state index in [1.165, 1.54) is 0 Å². The average molecular weight is 350 g/mol. The van der Waals surface area contributed by atoms with Gasteiger partial charge in [0.2, 0.25) is 15.9 Å². The third-order valence-electron chi connectivity index (χ3n) is 3.51. The molecule has 1 atom stereocenters. The Morgan fingerprint density at radius 3 is 2.62 bits per heavy atom. The molecule has 2 N–H and O–H groups in total. The van der Waals surface area contributed by atoms with Gasteiger partial charge in [0.1, 0.15) is 11.9 Å². The SMILES string of the molecule is C[C@H](C(=O)NCCCNS(C)(=O)=O)n1ccnc1-c1ccccc1. The van der Waals surface area contributed by atoms with Gasteiger partial charge in [-0.3, -0.25) is 4.79 Å². The molecule has 0 radical (unpaired) electrons. The summed E-state index contributed by atoms with van der Waals surface area (Å²) in [5, 5.41) is 2.81. The van der Waals surface area contributed by atoms with Gasteiger partial charge in [0.25, 0.3) is 0 Å². The minimum absolute atomic E-state index is 0.135. The summed E-state index contributed by atoms with van der Waals surface area (Å²) in [4.78, 5) is 16.6. The summed E-state index contributed by atoms with van der Waals surface area (Å²) in [6, 6.07) is 9.25. The average Bonchev–Trinajstić information content (AvgIpc) is 3.03. The van der Waals surface area contributed by atoms with Crippen LogP contribution in [0.1, 0.15) is 19.4 Å². The van der Waals surface area contributed by atoms with Crippen molar-refractivity contribution in [2.24, 2.45) is 0 Å². The third-order valence-corrected chi connectivity index (χ3v) is 4.24. The van der Waals surface area contributed by atoms with Crippen molar-refractivity contribution >= 4 is 15.9 Å². The molecular formula is C16H22N4O3S. The van der Waals surface area contributed by atoms with E-state index in [1.807, 2.05) is 34.9 Å². The molecule has 1 aromatic carbocycles. The Morgan fingerprint density at radius 1 is 1.25 bits per heavy atom. The summed E-state index contributed by atoms with van der Waals surface area (Å²) in [6.07, 6.45) is 5.08. The molecule has 7 nitrogen and oxygen atoms in total. The van der Waals surface area contributed by atoms with Gasteiger partial charge in [0.05, 0.1) is 6.26 Å². The highest BCUT2D eigenvalue weighted by Gasteiger charge is 2.18. The van der Waals surface area contributed by atoms with E-state index in [4.69, 9.17) is 0 Å². The van der Waals surface area contributed by atoms with Crippen molar-refractivity contribution in [1.82, 2.24) is 19.6 Å². The van der Waals surface area contributed by atoms with Crippen LogP contribution in [-0.2, 0) is 14.8 Å². The van der Waals surface area contributed by atoms with E-state index in [0.717, 1.165) is 17.6 Å². The van der Waals surface area contributed by atoms with Crippen LogP contribution in [0.15, 0.2) is 42.7 Å². The van der Waals surface area contributed by atoms with Crippen LogP contribution in [0, 0.1) is 0 Å². The number of sulfonamides is 1. The second kappa shape index (κ2) is 8.07. The molecule has 0 bridgehead atoms. The molecule has 8 heteroatoms. The zero-order valence-corrected chi connectivity index (χ0v) is 14.6. The second-order valence-electron chi connectivity index (χ2n) is 5.51. The fourth-order valence-electron chi connectivity index (χ4n) is 2.27. The lowest BCUT2D eigenvalue weighted by Crippen LogP contribution is -2.33. The molecule has 24 heavy (non-hydrogen) atoms. The van der Waals surface area contributed by atoms with Crippen LogP contribution in [0.2, 0.25) is 0 Å². The minimum atomic E-state index is -3.19. The van der Waals surface area contributed by atoms with E-state index in [0.29, 0.717) is 19.5 Å². The van der Waals surface area contributed by atoms with Gasteiger partial charge in [-0.2, -0.15) is 0 Å². The van der Waals surface area contributed by atoms with E-state index in [2.05, 4.69) is 15.0 Å². The molecule has 0 aliphatic heterocycles. The molecule has 1 heterocycles. The molecule has 0 aliphatic carbocycles. The Hall–Kier alpha value is -2.19. The van der Waals surface area contributed by atoms with Crippen molar-refractivity contribution in [3.8, 4) is 11.4 Å². The van der Waals surface area contributed by atoms with Gasteiger partial charge in [-0.15, -0.1) is 0 Å². The number of amides is 1. The maximum Gasteiger partial charge on any atom is 0.242 e. The first kappa shape index (κ1) is 18.2. The highest BCUT2D eigenvalue weighted by Crippen LogP contribution is 2.20. The van der Waals surface area contributed by atoms with Crippen LogP contribution in [-0.4, -0.2) is 43.2 Å². The number of nitrogens with zero attached hydrogens (tertiary/aromatic N) is 2. The normalized spacial score (nSPS) is 12.8. The van der Waals surface area contributed by atoms with Crippen LogP contribution in [0.25, 0.3) is 11.4 Å². The summed E-state index contributed by atoms with van der Waals surface area (Å²) < 4.78 is 26.1. The standard InChI is InChI=1S/C16H22N4O3S/c1-13(16(21)18-9-6-10-19-24(2,22)23)20-12-11-17-15(20)14-7-4-3-5-8-14/h3-5,7-8,11-13,19H,6,9-10H2,1-2H3,(H,18,21)/t13-/m1/s1. The number of carbonyl (C=O) groups excluding carboxylic acids is 1. The molecule has 1 aromatic heterocycles. The van der Waals surface area contributed by atoms with Gasteiger partial charge in [-0.1, -0.05) is 30.3 Å². The molecule has 1 amide bonds. The van der Waals surface area contributed by atoms with Gasteiger partial charge in [0, 0.05) is 31.0 Å². The van der Waals surface area contributed by atoms with Gasteiger partial charge < -0.3 is 9.88 Å². The Bertz CT molecular complexity index is 772. The number of hydrogen-bond donors (Lipinski definition) is 2. The molecule has 0 saturated carbocycles. The largest absolute Gasteiger partial charge is 0.354 e. The molecule has 2 rings (SSSR count). The quantitative estimate of drug-likeness (QED) is 0.699. The summed E-state index contributed by atoms with van der Waals surface area (Å²) in [6.45, 7) is 2.51. The van der Waals surface area contributed by atoms with Crippen LogP contribution < -0.4 is 10.0 Å². The summed E-state index contributed by atoms with van der Waals surface area (Å²) in [5.74, 6) is 0.599. The lowest BCUT2D eigenvalue weighted by molar-refractivity contribution is -0.123. The lowest BCUT2D eigenvalue weighted by atomic mass is 10.2. The zero-order chi connectivity index (χ0) is 17.6. The predicted molar refractivity (Wildman–Crippen MR) is 92.8 cm³/mol. The van der Waals surface area contributed by atoms with E-state index < -0.39 is 16.1 Å². The number of rotatable bonds is 8. The Morgan fingerprint density at radius 2 is 1.96 bits per heavy atom. The van der Waals surface area contributed by atoms with Gasteiger partial charge in [0.15, 0.2) is 0 Å². The van der Waals surface area contributed by atoms with Crippen LogP contribution in [0.4, 0.5) is 0 Å². The summed E-state index contributed by atoms with van der Waals surface area (Å²) >= 11 is 0. The van der Waals surface area contributed by atoms with Gasteiger partial charge in [-0.25, -0.2) is 18.1 Å². The highest BCUT2D eigenvalue weighted by atomic mass is 32.2. The highest BCUT2D eigenvalue weighted by molar-refractivity contribution is 7.88. The Balaban J connectivity index is 1.91. The second-order valence-corrected chi connectivity index (χ2v) is 7.34. The molecule has 0 spiro atoms. The topological polar surface area (TPSA) is 93.1 Å². The molecule has 0 aliphatic rings. The van der Waals surface area contributed by atoms with Crippen LogP contribution in [0.5, 0.6) is 0 Å². The molecular weight excluding hydrogens is 328 g/mol. The monoisotopic (exact) mass is 350 g/mol. The van der Waals surface area contributed by atoms with Crippen molar-refractivity contribution in [2.45, 2.75) is 19.4 Å². The number of benzene rings is 1. The van der Waals surface area contributed by atoms with Crippen molar-refractivity contribution < 1.29 is 13.2 Å². The third kappa shape index (κ3) is 5.17. The first-order chi connectivity index (χ1) is 11.4. The number of aromatic nitrogens is 2. The minimum Gasteiger partial charge on any atom is -0.354 e. The van der Waals surface area contributed by atoms with Crippen LogP contribution >= 0.6 is 0 Å². The molecule has 130 valence electrons. The number of carbonyl (C=O) groups is 1. The van der Waals surface area contributed by atoms with E-state index in [9.17, 15) is 13.2 Å². The van der Waals surface area contributed by atoms with E-state index >= 15 is 0 Å². The smallest absolute Gasteiger partial charge is 0.242 e. The molecule has 0 fully saturated rings. The molecule has 0 saturated heterocycles. The summed E-state index contributed by atoms with van der Waals surface area (Å²) in [7, 11) is -3.19. The predicted octanol–water partition coefficient (Wildman–Crippen LogP) is 1.17. The maximum atomic E-state index is 12.3. The molecule has 0 unspecified atom stereocenters. The first-order valence-corrected chi connectivity index (χ1v) is 9.58. The van der Waals surface area contributed by atoms with Crippen LogP contribution in [0.3, 0.4) is 0 Å². The fourth-order valence-corrected chi connectivity index (χ4v) is 2.78.